The van der Waals surface area contributed by atoms with Crippen LogP contribution in [-0.4, -0.2) is 165 Å². The van der Waals surface area contributed by atoms with Crippen LogP contribution in [0.15, 0.2) is 39.5 Å². The van der Waals surface area contributed by atoms with Crippen molar-refractivity contribution in [3.63, 3.8) is 0 Å². The number of hydrogen-bond acceptors (Lipinski definition) is 20. The smallest absolute Gasteiger partial charge is 0.239 e. The van der Waals surface area contributed by atoms with Gasteiger partial charge < -0.3 is 93.4 Å². The lowest BCUT2D eigenvalue weighted by atomic mass is 9.99. The zero-order valence-electron chi connectivity index (χ0n) is 28.1. The lowest BCUT2D eigenvalue weighted by molar-refractivity contribution is -0.306. The highest BCUT2D eigenvalue weighted by Gasteiger charge is 2.54. The van der Waals surface area contributed by atoms with Crippen molar-refractivity contribution in [3.05, 3.63) is 40.6 Å². The maximum Gasteiger partial charge on any atom is 0.239 e. The number of aliphatic hydroxyl groups excluding tert-OH is 7. The number of fused-ring (bicyclic) bond motifs is 1. The molecule has 0 saturated carbocycles. The number of benzene rings is 2. The third kappa shape index (κ3) is 7.22. The number of aliphatic hydroxyl groups is 8. The van der Waals surface area contributed by atoms with Gasteiger partial charge in [-0.15, -0.1) is 0 Å². The van der Waals surface area contributed by atoms with Gasteiger partial charge in [0.1, 0.15) is 70.8 Å². The molecule has 3 aliphatic heterocycles. The second-order valence-corrected chi connectivity index (χ2v) is 12.7. The molecule has 4 heterocycles. The number of rotatable bonds is 12. The molecule has 10 N–H and O–H groups in total. The summed E-state index contributed by atoms with van der Waals surface area (Å²) < 4.78 is 50.6. The highest BCUT2D eigenvalue weighted by molar-refractivity contribution is 5.88. The molecule has 0 amide bonds. The largest absolute Gasteiger partial charge is 0.507 e. The Hall–Kier alpha value is -3.87. The van der Waals surface area contributed by atoms with Crippen LogP contribution in [0.1, 0.15) is 0 Å². The van der Waals surface area contributed by atoms with E-state index in [2.05, 4.69) is 0 Å². The Morgan fingerprint density at radius 3 is 2.25 bits per heavy atom. The summed E-state index contributed by atoms with van der Waals surface area (Å²) in [6.07, 6.45) is -18.4. The van der Waals surface area contributed by atoms with Crippen molar-refractivity contribution in [2.24, 2.45) is 0 Å². The fraction of sp³-hybridized carbons (Fsp3) is 0.545. The first kappa shape index (κ1) is 38.8. The molecule has 20 nitrogen and oxygen atoms in total. The minimum absolute atomic E-state index is 0.0208. The minimum atomic E-state index is -2.14. The van der Waals surface area contributed by atoms with Crippen molar-refractivity contribution < 1.29 is 93.4 Å². The molecule has 0 bridgehead atoms. The van der Waals surface area contributed by atoms with Crippen molar-refractivity contribution in [2.45, 2.75) is 73.3 Å². The SMILES string of the molecule is COc1cc(O)c2c(=O)c(OC3OC(COC4OC(CO)C(O)C(O)C4O)C(O)C3OC3OCC(O)(CO)C3O)c(-c3ccc(O)c(OC)c3)oc2c1. The van der Waals surface area contributed by atoms with E-state index in [1.165, 1.54) is 38.5 Å². The van der Waals surface area contributed by atoms with Crippen LogP contribution >= 0.6 is 0 Å². The predicted molar refractivity (Wildman–Crippen MR) is 172 cm³/mol. The van der Waals surface area contributed by atoms with E-state index < -0.39 is 117 Å². The summed E-state index contributed by atoms with van der Waals surface area (Å²) in [7, 11) is 2.62. The Bertz CT molecular complexity index is 1820. The second kappa shape index (κ2) is 15.5. The second-order valence-electron chi connectivity index (χ2n) is 12.7. The quantitative estimate of drug-likeness (QED) is 0.0880. The van der Waals surface area contributed by atoms with Crippen molar-refractivity contribution in [1.82, 2.24) is 0 Å². The molecule has 12 atom stereocenters. The average Bonchev–Trinajstić information content (AvgIpc) is 3.60. The standard InChI is InChI=1S/C33H40O20/c1-45-13-6-15(37)20-17(7-13)49-26(12-3-4-14(36)16(5-12)46-2)27(23(20)40)52-31-28(53-32-29(43)33(44,10-35)11-48-32)22(39)19(51-31)9-47-30-25(42)24(41)21(38)18(8-34)50-30/h3-7,18-19,21-22,24-25,28-32,34-39,41-44H,8-11H2,1-2H3. The summed E-state index contributed by atoms with van der Waals surface area (Å²) in [5, 5.41) is 103. The van der Waals surface area contributed by atoms with Crippen molar-refractivity contribution in [2.75, 3.05) is 40.6 Å². The summed E-state index contributed by atoms with van der Waals surface area (Å²) in [5.41, 5.74) is -3.10. The van der Waals surface area contributed by atoms with Gasteiger partial charge in [0, 0.05) is 17.7 Å². The van der Waals surface area contributed by atoms with Crippen LogP contribution in [0.3, 0.4) is 0 Å². The van der Waals surface area contributed by atoms with Gasteiger partial charge in [-0.1, -0.05) is 0 Å². The van der Waals surface area contributed by atoms with Crippen LogP contribution in [0.2, 0.25) is 0 Å². The van der Waals surface area contributed by atoms with E-state index in [9.17, 15) is 55.9 Å². The van der Waals surface area contributed by atoms with E-state index in [1.54, 1.807) is 0 Å². The van der Waals surface area contributed by atoms with E-state index in [0.29, 0.717) is 0 Å². The third-order valence-corrected chi connectivity index (χ3v) is 9.26. The van der Waals surface area contributed by atoms with E-state index in [0.717, 1.165) is 6.07 Å². The van der Waals surface area contributed by atoms with Gasteiger partial charge in [-0.2, -0.15) is 0 Å². The summed E-state index contributed by atoms with van der Waals surface area (Å²) in [4.78, 5) is 14.1. The fourth-order valence-electron chi connectivity index (χ4n) is 6.15. The first-order valence-electron chi connectivity index (χ1n) is 16.2. The third-order valence-electron chi connectivity index (χ3n) is 9.26. The molecular weight excluding hydrogens is 716 g/mol. The summed E-state index contributed by atoms with van der Waals surface area (Å²) in [5.74, 6) is -1.57. The number of phenolic OH excluding ortho intramolecular Hbond substituents is 2. The average molecular weight is 757 g/mol. The fourth-order valence-corrected chi connectivity index (χ4v) is 6.15. The molecule has 20 heteroatoms. The molecule has 53 heavy (non-hydrogen) atoms. The molecular formula is C33H40O20. The Balaban J connectivity index is 1.38. The zero-order valence-corrected chi connectivity index (χ0v) is 28.1. The molecule has 0 spiro atoms. The zero-order chi connectivity index (χ0) is 38.4. The van der Waals surface area contributed by atoms with Gasteiger partial charge in [-0.05, 0) is 18.2 Å². The lowest BCUT2D eigenvalue weighted by Gasteiger charge is -2.39. The van der Waals surface area contributed by atoms with Gasteiger partial charge in [0.25, 0.3) is 0 Å². The molecule has 3 aromatic rings. The van der Waals surface area contributed by atoms with Crippen molar-refractivity contribution in [3.8, 4) is 40.1 Å². The number of aromatic hydroxyl groups is 2. The Morgan fingerprint density at radius 2 is 1.58 bits per heavy atom. The Labute approximate surface area is 299 Å². The predicted octanol–water partition coefficient (Wildman–Crippen LogP) is -3.00. The Morgan fingerprint density at radius 1 is 0.849 bits per heavy atom. The van der Waals surface area contributed by atoms with Crippen LogP contribution in [0, 0.1) is 0 Å². The van der Waals surface area contributed by atoms with E-state index in [-0.39, 0.29) is 39.5 Å². The van der Waals surface area contributed by atoms with Gasteiger partial charge in [0.2, 0.25) is 17.5 Å². The molecule has 6 rings (SSSR count). The number of ether oxygens (including phenoxy) is 8. The van der Waals surface area contributed by atoms with Gasteiger partial charge in [0.15, 0.2) is 35.9 Å². The highest BCUT2D eigenvalue weighted by atomic mass is 16.8. The number of hydrogen-bond donors (Lipinski definition) is 10. The lowest BCUT2D eigenvalue weighted by Crippen LogP contribution is -2.59. The molecule has 3 saturated heterocycles. The number of methoxy groups -OCH3 is 2. The van der Waals surface area contributed by atoms with Crippen LogP contribution in [0.4, 0.5) is 0 Å². The summed E-state index contributed by atoms with van der Waals surface area (Å²) in [6.45, 7) is -2.86. The first-order chi connectivity index (χ1) is 25.2. The molecule has 1 aromatic heterocycles. The normalized spacial score (nSPS) is 34.4. The van der Waals surface area contributed by atoms with Crippen molar-refractivity contribution in [1.29, 1.82) is 0 Å². The van der Waals surface area contributed by atoms with Gasteiger partial charge in [-0.25, -0.2) is 0 Å². The van der Waals surface area contributed by atoms with E-state index in [4.69, 9.17) is 42.3 Å². The molecule has 3 fully saturated rings. The number of phenols is 2. The van der Waals surface area contributed by atoms with Gasteiger partial charge in [-0.3, -0.25) is 4.79 Å². The minimum Gasteiger partial charge on any atom is -0.507 e. The molecule has 12 unspecified atom stereocenters. The maximum absolute atomic E-state index is 14.1. The molecule has 292 valence electrons. The van der Waals surface area contributed by atoms with Crippen LogP contribution in [-0.2, 0) is 23.7 Å². The van der Waals surface area contributed by atoms with Crippen LogP contribution in [0.5, 0.6) is 28.7 Å². The maximum atomic E-state index is 14.1. The molecule has 0 radical (unpaired) electrons. The topological polar surface area (TPSA) is 306 Å². The molecule has 2 aromatic carbocycles. The van der Waals surface area contributed by atoms with Gasteiger partial charge in [0.05, 0.1) is 40.6 Å². The summed E-state index contributed by atoms with van der Waals surface area (Å²) >= 11 is 0. The van der Waals surface area contributed by atoms with Gasteiger partial charge >= 0.3 is 0 Å². The van der Waals surface area contributed by atoms with E-state index >= 15 is 0 Å². The van der Waals surface area contributed by atoms with Crippen LogP contribution < -0.4 is 19.6 Å². The van der Waals surface area contributed by atoms with E-state index in [1.807, 2.05) is 0 Å². The van der Waals surface area contributed by atoms with Crippen LogP contribution in [0.25, 0.3) is 22.3 Å². The Kier molecular flexibility index (Phi) is 11.3. The molecule has 0 aliphatic carbocycles. The summed E-state index contributed by atoms with van der Waals surface area (Å²) in [6, 6.07) is 6.42. The van der Waals surface area contributed by atoms with Crippen molar-refractivity contribution >= 4 is 11.0 Å². The monoisotopic (exact) mass is 756 g/mol. The highest BCUT2D eigenvalue weighted by Crippen LogP contribution is 2.41. The molecule has 3 aliphatic rings. The first-order valence-corrected chi connectivity index (χ1v) is 16.2.